The Bertz CT molecular complexity index is 207. The predicted molar refractivity (Wildman–Crippen MR) is 47.3 cm³/mol. The van der Waals surface area contributed by atoms with Crippen LogP contribution in [0.2, 0.25) is 0 Å². The van der Waals surface area contributed by atoms with E-state index in [0.29, 0.717) is 18.9 Å². The predicted octanol–water partition coefficient (Wildman–Crippen LogP) is 2.33. The number of ether oxygens (including phenoxy) is 1. The van der Waals surface area contributed by atoms with Gasteiger partial charge in [0.1, 0.15) is 12.3 Å². The maximum Gasteiger partial charge on any atom is 0.180 e. The molecule has 0 aromatic carbocycles. The minimum Gasteiger partial charge on any atom is -0.479 e. The van der Waals surface area contributed by atoms with Crippen molar-refractivity contribution in [3.05, 3.63) is 0 Å². The summed E-state index contributed by atoms with van der Waals surface area (Å²) in [4.78, 5) is 4.26. The summed E-state index contributed by atoms with van der Waals surface area (Å²) < 4.78 is 18.5. The highest BCUT2D eigenvalue weighted by Crippen LogP contribution is 2.30. The topological polar surface area (TPSA) is 21.6 Å². The van der Waals surface area contributed by atoms with E-state index in [-0.39, 0.29) is 5.54 Å². The molecule has 2 nitrogen and oxygen atoms in total. The second-order valence-electron chi connectivity index (χ2n) is 4.31. The van der Waals surface area contributed by atoms with Gasteiger partial charge in [0.05, 0.1) is 5.54 Å². The summed E-state index contributed by atoms with van der Waals surface area (Å²) in [7, 11) is 0. The van der Waals surface area contributed by atoms with Gasteiger partial charge in [-0.05, 0) is 20.8 Å². The summed E-state index contributed by atoms with van der Waals surface area (Å²) in [5, 5.41) is 0. The zero-order valence-corrected chi connectivity index (χ0v) is 8.15. The molecule has 1 atom stereocenters. The molecule has 0 bridgehead atoms. The van der Waals surface area contributed by atoms with Gasteiger partial charge < -0.3 is 4.74 Å². The molecule has 1 unspecified atom stereocenters. The summed E-state index contributed by atoms with van der Waals surface area (Å²) in [6, 6.07) is 0. The minimum absolute atomic E-state index is 0.359. The van der Waals surface area contributed by atoms with Crippen LogP contribution in [0.3, 0.4) is 0 Å². The third-order valence-electron chi connectivity index (χ3n) is 1.82. The van der Waals surface area contributed by atoms with Crippen LogP contribution in [0, 0.1) is 0 Å². The van der Waals surface area contributed by atoms with Crippen molar-refractivity contribution in [1.82, 2.24) is 0 Å². The van der Waals surface area contributed by atoms with Crippen LogP contribution in [-0.4, -0.2) is 23.7 Å². The zero-order chi connectivity index (χ0) is 9.41. The van der Waals surface area contributed by atoms with Crippen LogP contribution in [0.1, 0.15) is 34.1 Å². The lowest BCUT2D eigenvalue weighted by Crippen LogP contribution is -2.32. The van der Waals surface area contributed by atoms with E-state index in [4.69, 9.17) is 4.74 Å². The summed E-state index contributed by atoms with van der Waals surface area (Å²) in [5.74, 6) is 0.668. The van der Waals surface area contributed by atoms with Crippen molar-refractivity contribution < 1.29 is 9.13 Å². The first-order valence-electron chi connectivity index (χ1n) is 4.19. The Morgan fingerprint density at radius 3 is 2.58 bits per heavy atom. The summed E-state index contributed by atoms with van der Waals surface area (Å²) in [6.45, 7) is 7.37. The van der Waals surface area contributed by atoms with Crippen molar-refractivity contribution in [2.75, 3.05) is 6.61 Å². The molecule has 3 heteroatoms. The number of halogens is 1. The Labute approximate surface area is 72.8 Å². The third-order valence-corrected chi connectivity index (χ3v) is 1.82. The van der Waals surface area contributed by atoms with Gasteiger partial charge in [0, 0.05) is 13.3 Å². The van der Waals surface area contributed by atoms with Crippen molar-refractivity contribution in [3.63, 3.8) is 0 Å². The largest absolute Gasteiger partial charge is 0.479 e. The van der Waals surface area contributed by atoms with Gasteiger partial charge in [-0.25, -0.2) is 9.38 Å². The highest BCUT2D eigenvalue weighted by molar-refractivity contribution is 5.75. The summed E-state index contributed by atoms with van der Waals surface area (Å²) in [6.07, 6.45) is 0.414. The molecule has 0 spiro atoms. The summed E-state index contributed by atoms with van der Waals surface area (Å²) >= 11 is 0. The lowest BCUT2D eigenvalue weighted by Gasteiger charge is -2.24. The second kappa shape index (κ2) is 2.71. The molecule has 0 fully saturated rings. The van der Waals surface area contributed by atoms with E-state index < -0.39 is 5.67 Å². The second-order valence-corrected chi connectivity index (χ2v) is 4.31. The maximum atomic E-state index is 13.3. The Balaban J connectivity index is 2.63. The smallest absolute Gasteiger partial charge is 0.180 e. The number of alkyl halides is 1. The average molecular weight is 173 g/mol. The number of rotatable bonds is 2. The van der Waals surface area contributed by atoms with E-state index in [9.17, 15) is 4.39 Å². The van der Waals surface area contributed by atoms with Crippen LogP contribution in [0.15, 0.2) is 4.99 Å². The lowest BCUT2D eigenvalue weighted by molar-refractivity contribution is 0.140. The number of nitrogens with zero attached hydrogens (tertiary/aromatic N) is 1. The Morgan fingerprint density at radius 1 is 1.67 bits per heavy atom. The molecule has 0 N–H and O–H groups in total. The van der Waals surface area contributed by atoms with Gasteiger partial charge >= 0.3 is 0 Å². The first-order valence-corrected chi connectivity index (χ1v) is 4.19. The lowest BCUT2D eigenvalue weighted by atomic mass is 9.91. The van der Waals surface area contributed by atoms with Crippen LogP contribution in [-0.2, 0) is 4.74 Å². The maximum absolute atomic E-state index is 13.3. The molecule has 70 valence electrons. The number of hydrogen-bond acceptors (Lipinski definition) is 2. The first-order chi connectivity index (χ1) is 5.31. The molecule has 12 heavy (non-hydrogen) atoms. The normalized spacial score (nSPS) is 29.9. The fourth-order valence-corrected chi connectivity index (χ4v) is 1.70. The molecule has 1 aliphatic heterocycles. The van der Waals surface area contributed by atoms with E-state index in [0.717, 1.165) is 0 Å². The van der Waals surface area contributed by atoms with E-state index in [2.05, 4.69) is 4.99 Å². The molecule has 1 heterocycles. The van der Waals surface area contributed by atoms with Crippen molar-refractivity contribution in [2.45, 2.75) is 45.3 Å². The Morgan fingerprint density at radius 2 is 2.25 bits per heavy atom. The van der Waals surface area contributed by atoms with Crippen LogP contribution < -0.4 is 0 Å². The van der Waals surface area contributed by atoms with Crippen molar-refractivity contribution in [1.29, 1.82) is 0 Å². The fraction of sp³-hybridized carbons (Fsp3) is 0.889. The molecule has 1 aliphatic rings. The van der Waals surface area contributed by atoms with E-state index in [1.165, 1.54) is 0 Å². The van der Waals surface area contributed by atoms with Crippen molar-refractivity contribution >= 4 is 5.90 Å². The van der Waals surface area contributed by atoms with Gasteiger partial charge in [-0.3, -0.25) is 0 Å². The third kappa shape index (κ3) is 2.47. The standard InChI is InChI=1S/C9H16FNO/c1-7-11-9(4,6-12-7)5-8(2,3)10/h5-6H2,1-4H3. The van der Waals surface area contributed by atoms with E-state index in [1.54, 1.807) is 20.8 Å². The molecular weight excluding hydrogens is 157 g/mol. The molecule has 0 radical (unpaired) electrons. The molecule has 1 rings (SSSR count). The molecular formula is C9H16FNO. The Hall–Kier alpha value is -0.600. The van der Waals surface area contributed by atoms with Gasteiger partial charge in [0.25, 0.3) is 0 Å². The molecule has 0 aromatic heterocycles. The van der Waals surface area contributed by atoms with E-state index >= 15 is 0 Å². The van der Waals surface area contributed by atoms with E-state index in [1.807, 2.05) is 6.92 Å². The van der Waals surface area contributed by atoms with Crippen molar-refractivity contribution in [3.8, 4) is 0 Å². The molecule has 0 saturated heterocycles. The molecule has 0 aromatic rings. The molecule has 0 aliphatic carbocycles. The van der Waals surface area contributed by atoms with Gasteiger partial charge in [-0.1, -0.05) is 0 Å². The quantitative estimate of drug-likeness (QED) is 0.628. The highest BCUT2D eigenvalue weighted by Gasteiger charge is 2.36. The van der Waals surface area contributed by atoms with Crippen LogP contribution >= 0.6 is 0 Å². The van der Waals surface area contributed by atoms with Crippen LogP contribution in [0.25, 0.3) is 0 Å². The van der Waals surface area contributed by atoms with Crippen molar-refractivity contribution in [2.24, 2.45) is 4.99 Å². The van der Waals surface area contributed by atoms with Crippen LogP contribution in [0.4, 0.5) is 4.39 Å². The first kappa shape index (κ1) is 9.49. The molecule has 0 amide bonds. The molecule has 0 saturated carbocycles. The monoisotopic (exact) mass is 173 g/mol. The van der Waals surface area contributed by atoms with Gasteiger partial charge in [0.15, 0.2) is 5.90 Å². The zero-order valence-electron chi connectivity index (χ0n) is 8.15. The van der Waals surface area contributed by atoms with Gasteiger partial charge in [0.2, 0.25) is 0 Å². The number of aliphatic imine (C=N–C) groups is 1. The summed E-state index contributed by atoms with van der Waals surface area (Å²) in [5.41, 5.74) is -1.53. The number of hydrogen-bond donors (Lipinski definition) is 0. The SMILES string of the molecule is CC1=NC(C)(CC(C)(C)F)CO1. The minimum atomic E-state index is -1.17. The fourth-order valence-electron chi connectivity index (χ4n) is 1.70. The van der Waals surface area contributed by atoms with Gasteiger partial charge in [-0.15, -0.1) is 0 Å². The average Bonchev–Trinajstić information content (AvgIpc) is 2.05. The van der Waals surface area contributed by atoms with Crippen LogP contribution in [0.5, 0.6) is 0 Å². The highest BCUT2D eigenvalue weighted by atomic mass is 19.1. The van der Waals surface area contributed by atoms with Gasteiger partial charge in [-0.2, -0.15) is 0 Å². The Kier molecular flexibility index (Phi) is 2.15.